The molecule has 1 N–H and O–H groups in total. The first-order chi connectivity index (χ1) is 14.4. The SMILES string of the molecule is CC(NC(=O)CN1C(=O)C(=O)N(CCc2cccs2)C1=O)c1cc2ccccc2o1. The average Bonchev–Trinajstić information content (AvgIpc) is 3.44. The maximum atomic E-state index is 12.5. The number of fused-ring (bicyclic) bond motifs is 1. The Bertz CT molecular complexity index is 1090. The summed E-state index contributed by atoms with van der Waals surface area (Å²) in [6.07, 6.45) is 0.464. The molecule has 154 valence electrons. The Morgan fingerprint density at radius 3 is 2.60 bits per heavy atom. The second-order valence-corrected chi connectivity index (χ2v) is 7.97. The van der Waals surface area contributed by atoms with Gasteiger partial charge in [0.15, 0.2) is 0 Å². The van der Waals surface area contributed by atoms with Crippen molar-refractivity contribution in [2.45, 2.75) is 19.4 Å². The Morgan fingerprint density at radius 2 is 1.87 bits per heavy atom. The fourth-order valence-corrected chi connectivity index (χ4v) is 3.98. The summed E-state index contributed by atoms with van der Waals surface area (Å²) < 4.78 is 5.72. The van der Waals surface area contributed by atoms with E-state index < -0.39 is 36.3 Å². The van der Waals surface area contributed by atoms with E-state index in [0.29, 0.717) is 22.7 Å². The number of thiophene rings is 1. The van der Waals surface area contributed by atoms with Crippen molar-refractivity contribution < 1.29 is 23.6 Å². The van der Waals surface area contributed by atoms with Crippen LogP contribution in [0.25, 0.3) is 11.0 Å². The summed E-state index contributed by atoms with van der Waals surface area (Å²) in [5.41, 5.74) is 0.700. The van der Waals surface area contributed by atoms with Crippen LogP contribution in [0, 0.1) is 0 Å². The van der Waals surface area contributed by atoms with Crippen molar-refractivity contribution in [3.63, 3.8) is 0 Å². The van der Waals surface area contributed by atoms with Gasteiger partial charge in [0.1, 0.15) is 17.9 Å². The largest absolute Gasteiger partial charge is 0.459 e. The van der Waals surface area contributed by atoms with Crippen molar-refractivity contribution in [3.8, 4) is 0 Å². The molecule has 5 amide bonds. The summed E-state index contributed by atoms with van der Waals surface area (Å²) in [5, 5.41) is 5.51. The molecule has 0 spiro atoms. The van der Waals surface area contributed by atoms with Gasteiger partial charge in [-0.05, 0) is 30.5 Å². The van der Waals surface area contributed by atoms with Crippen LogP contribution in [0.4, 0.5) is 4.79 Å². The van der Waals surface area contributed by atoms with Gasteiger partial charge >= 0.3 is 17.8 Å². The Morgan fingerprint density at radius 1 is 1.10 bits per heavy atom. The molecule has 0 bridgehead atoms. The minimum absolute atomic E-state index is 0.0947. The first kappa shape index (κ1) is 19.8. The Labute approximate surface area is 176 Å². The van der Waals surface area contributed by atoms with E-state index in [4.69, 9.17) is 4.42 Å². The average molecular weight is 425 g/mol. The summed E-state index contributed by atoms with van der Waals surface area (Å²) in [4.78, 5) is 51.9. The van der Waals surface area contributed by atoms with Gasteiger partial charge < -0.3 is 9.73 Å². The van der Waals surface area contributed by atoms with Crippen LogP contribution in [0.3, 0.4) is 0 Å². The topological polar surface area (TPSA) is 99.9 Å². The molecule has 3 heterocycles. The summed E-state index contributed by atoms with van der Waals surface area (Å²) in [5.74, 6) is -1.90. The van der Waals surface area contributed by atoms with Crippen molar-refractivity contribution in [3.05, 3.63) is 58.5 Å². The summed E-state index contributed by atoms with van der Waals surface area (Å²) in [6.45, 7) is 1.31. The molecule has 2 aromatic heterocycles. The van der Waals surface area contributed by atoms with Crippen LogP contribution in [0.2, 0.25) is 0 Å². The van der Waals surface area contributed by atoms with Crippen LogP contribution in [-0.2, 0) is 20.8 Å². The highest BCUT2D eigenvalue weighted by atomic mass is 32.1. The number of rotatable bonds is 7. The van der Waals surface area contributed by atoms with Gasteiger partial charge in [0.25, 0.3) is 0 Å². The number of hydrogen-bond donors (Lipinski definition) is 1. The van der Waals surface area contributed by atoms with E-state index in [9.17, 15) is 19.2 Å². The first-order valence-electron chi connectivity index (χ1n) is 9.41. The van der Waals surface area contributed by atoms with E-state index in [1.165, 1.54) is 11.3 Å². The summed E-state index contributed by atoms with van der Waals surface area (Å²) in [7, 11) is 0. The molecule has 1 atom stereocenters. The fourth-order valence-electron chi connectivity index (χ4n) is 3.28. The number of benzene rings is 1. The lowest BCUT2D eigenvalue weighted by molar-refractivity contribution is -0.144. The molecular formula is C21H19N3O5S. The van der Waals surface area contributed by atoms with E-state index in [0.717, 1.165) is 15.2 Å². The number of carbonyl (C=O) groups excluding carboxylic acids is 4. The number of para-hydroxylation sites is 1. The third kappa shape index (κ3) is 3.84. The smallest absolute Gasteiger partial charge is 0.334 e. The molecule has 1 fully saturated rings. The first-order valence-corrected chi connectivity index (χ1v) is 10.3. The zero-order valence-electron chi connectivity index (χ0n) is 16.2. The Balaban J connectivity index is 1.37. The van der Waals surface area contributed by atoms with Gasteiger partial charge in [0, 0.05) is 23.2 Å². The molecule has 0 saturated carbocycles. The number of amides is 5. The van der Waals surface area contributed by atoms with Gasteiger partial charge in [-0.1, -0.05) is 24.3 Å². The molecule has 1 aliphatic heterocycles. The van der Waals surface area contributed by atoms with Crippen LogP contribution in [0.1, 0.15) is 23.6 Å². The molecule has 30 heavy (non-hydrogen) atoms. The number of nitrogens with zero attached hydrogens (tertiary/aromatic N) is 2. The van der Waals surface area contributed by atoms with Crippen molar-refractivity contribution in [1.82, 2.24) is 15.1 Å². The molecule has 0 aliphatic carbocycles. The van der Waals surface area contributed by atoms with Crippen molar-refractivity contribution >= 4 is 46.1 Å². The predicted octanol–water partition coefficient (Wildman–Crippen LogP) is 2.71. The van der Waals surface area contributed by atoms with Crippen LogP contribution in [0.5, 0.6) is 0 Å². The highest BCUT2D eigenvalue weighted by molar-refractivity contribution is 7.09. The Kier molecular flexibility index (Phi) is 5.37. The van der Waals surface area contributed by atoms with Gasteiger partial charge in [-0.25, -0.2) is 9.69 Å². The minimum atomic E-state index is -0.988. The van der Waals surface area contributed by atoms with Crippen LogP contribution in [-0.4, -0.2) is 46.6 Å². The van der Waals surface area contributed by atoms with E-state index in [-0.39, 0.29) is 6.54 Å². The molecular weight excluding hydrogens is 406 g/mol. The van der Waals surface area contributed by atoms with Crippen molar-refractivity contribution in [2.75, 3.05) is 13.1 Å². The molecule has 9 heteroatoms. The van der Waals surface area contributed by atoms with E-state index >= 15 is 0 Å². The third-order valence-electron chi connectivity index (χ3n) is 4.85. The monoisotopic (exact) mass is 425 g/mol. The summed E-state index contributed by atoms with van der Waals surface area (Å²) in [6, 6.07) is 11.8. The number of nitrogens with one attached hydrogen (secondary N) is 1. The third-order valence-corrected chi connectivity index (χ3v) is 5.78. The van der Waals surface area contributed by atoms with Gasteiger partial charge in [0.05, 0.1) is 6.04 Å². The molecule has 3 aromatic rings. The quantitative estimate of drug-likeness (QED) is 0.463. The number of imide groups is 2. The molecule has 8 nitrogen and oxygen atoms in total. The number of hydrogen-bond acceptors (Lipinski definition) is 6. The molecule has 0 radical (unpaired) electrons. The van der Waals surface area contributed by atoms with Crippen LogP contribution >= 0.6 is 11.3 Å². The van der Waals surface area contributed by atoms with Gasteiger partial charge in [0.2, 0.25) is 5.91 Å². The maximum absolute atomic E-state index is 12.5. The molecule has 1 unspecified atom stereocenters. The van der Waals surface area contributed by atoms with Gasteiger partial charge in [-0.15, -0.1) is 11.3 Å². The van der Waals surface area contributed by atoms with Crippen LogP contribution in [0.15, 0.2) is 52.3 Å². The number of urea groups is 1. The second kappa shape index (κ2) is 8.11. The lowest BCUT2D eigenvalue weighted by Crippen LogP contribution is -2.42. The van der Waals surface area contributed by atoms with Crippen LogP contribution < -0.4 is 5.32 Å². The Hall–Kier alpha value is -3.46. The van der Waals surface area contributed by atoms with Crippen molar-refractivity contribution in [1.29, 1.82) is 0 Å². The number of furan rings is 1. The van der Waals surface area contributed by atoms with E-state index in [2.05, 4.69) is 5.32 Å². The molecule has 1 aliphatic rings. The number of carbonyl (C=O) groups is 4. The maximum Gasteiger partial charge on any atom is 0.334 e. The minimum Gasteiger partial charge on any atom is -0.459 e. The predicted molar refractivity (Wildman–Crippen MR) is 110 cm³/mol. The van der Waals surface area contributed by atoms with E-state index in [1.807, 2.05) is 47.8 Å². The lowest BCUT2D eigenvalue weighted by atomic mass is 10.2. The zero-order valence-corrected chi connectivity index (χ0v) is 17.0. The van der Waals surface area contributed by atoms with Crippen molar-refractivity contribution in [2.24, 2.45) is 0 Å². The zero-order chi connectivity index (χ0) is 21.3. The van der Waals surface area contributed by atoms with Gasteiger partial charge in [-0.2, -0.15) is 0 Å². The van der Waals surface area contributed by atoms with Gasteiger partial charge in [-0.3, -0.25) is 19.3 Å². The highest BCUT2D eigenvalue weighted by Crippen LogP contribution is 2.23. The highest BCUT2D eigenvalue weighted by Gasteiger charge is 2.45. The second-order valence-electron chi connectivity index (χ2n) is 6.94. The van der Waals surface area contributed by atoms with E-state index in [1.54, 1.807) is 6.92 Å². The molecule has 4 rings (SSSR count). The fraction of sp³-hybridized carbons (Fsp3) is 0.238. The normalized spacial score (nSPS) is 15.3. The summed E-state index contributed by atoms with van der Waals surface area (Å²) >= 11 is 1.51. The standard InChI is InChI=1S/C21H19N3O5S/c1-13(17-11-14-5-2-3-7-16(14)29-17)22-18(25)12-24-20(27)19(26)23(21(24)28)9-8-15-6-4-10-30-15/h2-7,10-11,13H,8-9,12H2,1H3,(H,22,25). The lowest BCUT2D eigenvalue weighted by Gasteiger charge is -2.16. The molecule has 1 aromatic carbocycles. The molecule has 1 saturated heterocycles.